The number of rotatable bonds is 2. The van der Waals surface area contributed by atoms with Crippen LogP contribution in [-0.4, -0.2) is 11.2 Å². The standard InChI is InChI=1S/C11H22O/c1-4-11(2,3)9-7-5-6-8-10(9)12/h9-10,12H,4-8H2,1-3H3. The van der Waals surface area contributed by atoms with Gasteiger partial charge in [-0.3, -0.25) is 0 Å². The van der Waals surface area contributed by atoms with E-state index in [0.29, 0.717) is 11.3 Å². The maximum atomic E-state index is 9.84. The summed E-state index contributed by atoms with van der Waals surface area (Å²) in [5, 5.41) is 9.84. The molecule has 1 saturated carbocycles. The summed E-state index contributed by atoms with van der Waals surface area (Å²) in [6.45, 7) is 6.79. The normalized spacial score (nSPS) is 32.0. The zero-order valence-corrected chi connectivity index (χ0v) is 8.64. The Bertz CT molecular complexity index is 140. The van der Waals surface area contributed by atoms with Gasteiger partial charge in [0, 0.05) is 0 Å². The van der Waals surface area contributed by atoms with Crippen molar-refractivity contribution >= 4 is 0 Å². The van der Waals surface area contributed by atoms with Crippen molar-refractivity contribution in [3.8, 4) is 0 Å². The van der Waals surface area contributed by atoms with Crippen LogP contribution in [-0.2, 0) is 0 Å². The lowest BCUT2D eigenvalue weighted by atomic mass is 9.68. The first kappa shape index (κ1) is 10.0. The number of hydrogen-bond donors (Lipinski definition) is 1. The van der Waals surface area contributed by atoms with Crippen LogP contribution in [0.25, 0.3) is 0 Å². The van der Waals surface area contributed by atoms with Gasteiger partial charge in [0.05, 0.1) is 6.10 Å². The molecule has 0 bridgehead atoms. The fraction of sp³-hybridized carbons (Fsp3) is 1.00. The zero-order valence-electron chi connectivity index (χ0n) is 8.64. The van der Waals surface area contributed by atoms with Gasteiger partial charge in [0.15, 0.2) is 0 Å². The van der Waals surface area contributed by atoms with E-state index in [-0.39, 0.29) is 6.10 Å². The van der Waals surface area contributed by atoms with Crippen molar-refractivity contribution < 1.29 is 5.11 Å². The van der Waals surface area contributed by atoms with Gasteiger partial charge < -0.3 is 5.11 Å². The monoisotopic (exact) mass is 170 g/mol. The molecule has 1 heteroatoms. The van der Waals surface area contributed by atoms with Gasteiger partial charge in [-0.05, 0) is 24.2 Å². The highest BCUT2D eigenvalue weighted by Gasteiger charge is 2.34. The average Bonchev–Trinajstić information content (AvgIpc) is 2.05. The quantitative estimate of drug-likeness (QED) is 0.675. The third-order valence-corrected chi connectivity index (χ3v) is 3.64. The minimum Gasteiger partial charge on any atom is -0.393 e. The van der Waals surface area contributed by atoms with E-state index < -0.39 is 0 Å². The molecule has 0 spiro atoms. The minimum atomic E-state index is -0.0336. The highest BCUT2D eigenvalue weighted by Crippen LogP contribution is 2.40. The van der Waals surface area contributed by atoms with Crippen molar-refractivity contribution in [1.82, 2.24) is 0 Å². The van der Waals surface area contributed by atoms with Gasteiger partial charge in [0.25, 0.3) is 0 Å². The first-order valence-corrected chi connectivity index (χ1v) is 5.26. The minimum absolute atomic E-state index is 0.0336. The predicted molar refractivity (Wildman–Crippen MR) is 52.0 cm³/mol. The zero-order chi connectivity index (χ0) is 9.19. The molecule has 0 amide bonds. The maximum absolute atomic E-state index is 9.84. The summed E-state index contributed by atoms with van der Waals surface area (Å²) in [5.41, 5.74) is 0.333. The van der Waals surface area contributed by atoms with Gasteiger partial charge in [-0.1, -0.05) is 40.0 Å². The van der Waals surface area contributed by atoms with Gasteiger partial charge >= 0.3 is 0 Å². The summed E-state index contributed by atoms with van der Waals surface area (Å²) < 4.78 is 0. The molecule has 0 aromatic heterocycles. The Morgan fingerprint density at radius 2 is 1.83 bits per heavy atom. The van der Waals surface area contributed by atoms with Crippen molar-refractivity contribution in [2.45, 2.75) is 59.0 Å². The fourth-order valence-electron chi connectivity index (χ4n) is 2.29. The van der Waals surface area contributed by atoms with Crippen LogP contribution in [0.15, 0.2) is 0 Å². The molecule has 0 radical (unpaired) electrons. The van der Waals surface area contributed by atoms with Crippen molar-refractivity contribution in [3.63, 3.8) is 0 Å². The third-order valence-electron chi connectivity index (χ3n) is 3.64. The van der Waals surface area contributed by atoms with Gasteiger partial charge in [-0.2, -0.15) is 0 Å². The molecular formula is C11H22O. The smallest absolute Gasteiger partial charge is 0.0573 e. The molecule has 0 heterocycles. The second-order valence-corrected chi connectivity index (χ2v) is 4.80. The molecule has 1 N–H and O–H groups in total. The molecule has 1 aliphatic rings. The van der Waals surface area contributed by atoms with E-state index in [1.54, 1.807) is 0 Å². The lowest BCUT2D eigenvalue weighted by molar-refractivity contribution is 0.000993. The summed E-state index contributed by atoms with van der Waals surface area (Å²) in [5.74, 6) is 0.538. The van der Waals surface area contributed by atoms with E-state index in [4.69, 9.17) is 0 Å². The fourth-order valence-corrected chi connectivity index (χ4v) is 2.29. The molecule has 0 aromatic carbocycles. The number of aliphatic hydroxyl groups excluding tert-OH is 1. The van der Waals surface area contributed by atoms with Crippen LogP contribution in [0.4, 0.5) is 0 Å². The molecule has 72 valence electrons. The van der Waals surface area contributed by atoms with E-state index >= 15 is 0 Å². The van der Waals surface area contributed by atoms with Crippen LogP contribution in [0.5, 0.6) is 0 Å². The number of hydrogen-bond acceptors (Lipinski definition) is 1. The predicted octanol–water partition coefficient (Wildman–Crippen LogP) is 2.97. The van der Waals surface area contributed by atoms with Crippen molar-refractivity contribution in [3.05, 3.63) is 0 Å². The van der Waals surface area contributed by atoms with Crippen LogP contribution in [0, 0.1) is 11.3 Å². The maximum Gasteiger partial charge on any atom is 0.0573 e. The van der Waals surface area contributed by atoms with Crippen LogP contribution in [0.2, 0.25) is 0 Å². The van der Waals surface area contributed by atoms with Crippen LogP contribution in [0.3, 0.4) is 0 Å². The molecule has 0 aliphatic heterocycles. The topological polar surface area (TPSA) is 20.2 Å². The van der Waals surface area contributed by atoms with Crippen LogP contribution >= 0.6 is 0 Å². The highest BCUT2D eigenvalue weighted by molar-refractivity contribution is 4.85. The van der Waals surface area contributed by atoms with Crippen LogP contribution < -0.4 is 0 Å². The molecule has 1 rings (SSSR count). The Hall–Kier alpha value is -0.0400. The molecule has 0 aromatic rings. The molecule has 12 heavy (non-hydrogen) atoms. The number of aliphatic hydroxyl groups is 1. The van der Waals surface area contributed by atoms with Gasteiger partial charge in [0.2, 0.25) is 0 Å². The first-order valence-electron chi connectivity index (χ1n) is 5.26. The summed E-state index contributed by atoms with van der Waals surface area (Å²) in [7, 11) is 0. The van der Waals surface area contributed by atoms with Gasteiger partial charge in [-0.15, -0.1) is 0 Å². The Kier molecular flexibility index (Phi) is 3.16. The van der Waals surface area contributed by atoms with Crippen molar-refractivity contribution in [2.75, 3.05) is 0 Å². The Balaban J connectivity index is 2.58. The molecular weight excluding hydrogens is 148 g/mol. The summed E-state index contributed by atoms with van der Waals surface area (Å²) in [4.78, 5) is 0. The summed E-state index contributed by atoms with van der Waals surface area (Å²) in [6.07, 6.45) is 5.92. The molecule has 1 aliphatic carbocycles. The summed E-state index contributed by atoms with van der Waals surface area (Å²) >= 11 is 0. The largest absolute Gasteiger partial charge is 0.393 e. The Morgan fingerprint density at radius 3 is 2.33 bits per heavy atom. The van der Waals surface area contributed by atoms with Crippen molar-refractivity contribution in [1.29, 1.82) is 0 Å². The van der Waals surface area contributed by atoms with E-state index in [9.17, 15) is 5.11 Å². The molecule has 2 atom stereocenters. The van der Waals surface area contributed by atoms with E-state index in [0.717, 1.165) is 6.42 Å². The van der Waals surface area contributed by atoms with E-state index in [1.807, 2.05) is 0 Å². The lowest BCUT2D eigenvalue weighted by Crippen LogP contribution is -2.36. The molecule has 2 unspecified atom stereocenters. The SMILES string of the molecule is CCC(C)(C)C1CCCCC1O. The summed E-state index contributed by atoms with van der Waals surface area (Å²) in [6, 6.07) is 0. The highest BCUT2D eigenvalue weighted by atomic mass is 16.3. The average molecular weight is 170 g/mol. The Labute approximate surface area is 76.2 Å². The Morgan fingerprint density at radius 1 is 1.25 bits per heavy atom. The van der Waals surface area contributed by atoms with Crippen LogP contribution in [0.1, 0.15) is 52.9 Å². The molecule has 1 nitrogen and oxygen atoms in total. The second-order valence-electron chi connectivity index (χ2n) is 4.80. The van der Waals surface area contributed by atoms with Gasteiger partial charge in [0.1, 0.15) is 0 Å². The molecule has 1 fully saturated rings. The van der Waals surface area contributed by atoms with Gasteiger partial charge in [-0.25, -0.2) is 0 Å². The van der Waals surface area contributed by atoms with Crippen molar-refractivity contribution in [2.24, 2.45) is 11.3 Å². The third kappa shape index (κ3) is 2.01. The van der Waals surface area contributed by atoms with E-state index in [1.165, 1.54) is 25.7 Å². The first-order chi connectivity index (χ1) is 5.58. The van der Waals surface area contributed by atoms with E-state index in [2.05, 4.69) is 20.8 Å². The lowest BCUT2D eigenvalue weighted by Gasteiger charge is -2.39. The molecule has 0 saturated heterocycles. The second kappa shape index (κ2) is 3.78.